The molecule has 0 bridgehead atoms. The molecule has 26 heavy (non-hydrogen) atoms. The van der Waals surface area contributed by atoms with E-state index < -0.39 is 47.7 Å². The van der Waals surface area contributed by atoms with Crippen LogP contribution in [0.5, 0.6) is 0 Å². The highest BCUT2D eigenvalue weighted by Crippen LogP contribution is 2.11. The van der Waals surface area contributed by atoms with Crippen LogP contribution in [-0.2, 0) is 24.0 Å². The van der Waals surface area contributed by atoms with Crippen LogP contribution in [0, 0.1) is 0 Å². The molecule has 148 valence electrons. The molecule has 0 aliphatic heterocycles. The Bertz CT molecular complexity index is 537. The fourth-order valence-electron chi connectivity index (χ4n) is 2.30. The topological polar surface area (TPSA) is 159 Å². The van der Waals surface area contributed by atoms with E-state index in [1.165, 1.54) is 27.7 Å². The van der Waals surface area contributed by atoms with Gasteiger partial charge in [0.1, 0.15) is 18.1 Å². The monoisotopic (exact) mass is 372 g/mol. The second-order valence-electron chi connectivity index (χ2n) is 6.01. The zero-order valence-electron chi connectivity index (χ0n) is 15.6. The SMILES string of the molecule is CC(=O)N(C(C)=O)[C@@H](CCCCN)C(=O)N[C@@H](C)C(=O)N[C@@H](C)C(=O)O. The Labute approximate surface area is 152 Å². The fourth-order valence-corrected chi connectivity index (χ4v) is 2.30. The van der Waals surface area contributed by atoms with Crippen molar-refractivity contribution in [2.75, 3.05) is 6.54 Å². The number of nitrogens with two attached hydrogens (primary N) is 1. The summed E-state index contributed by atoms with van der Waals surface area (Å²) in [5.41, 5.74) is 5.43. The Balaban J connectivity index is 5.15. The Kier molecular flexibility index (Phi) is 10.1. The van der Waals surface area contributed by atoms with Crippen molar-refractivity contribution < 1.29 is 29.1 Å². The molecule has 0 fully saturated rings. The Morgan fingerprint density at radius 1 is 0.923 bits per heavy atom. The second kappa shape index (κ2) is 11.2. The van der Waals surface area contributed by atoms with Gasteiger partial charge in [-0.05, 0) is 39.7 Å². The quantitative estimate of drug-likeness (QED) is 0.357. The van der Waals surface area contributed by atoms with Crippen LogP contribution < -0.4 is 16.4 Å². The van der Waals surface area contributed by atoms with Crippen molar-refractivity contribution in [3.8, 4) is 0 Å². The van der Waals surface area contributed by atoms with Gasteiger partial charge in [0, 0.05) is 13.8 Å². The summed E-state index contributed by atoms with van der Waals surface area (Å²) in [6, 6.07) is -3.22. The number of carboxylic acid groups (broad SMARTS) is 1. The summed E-state index contributed by atoms with van der Waals surface area (Å²) in [7, 11) is 0. The minimum absolute atomic E-state index is 0.210. The minimum Gasteiger partial charge on any atom is -0.480 e. The molecule has 5 N–H and O–H groups in total. The van der Waals surface area contributed by atoms with Crippen molar-refractivity contribution in [3.05, 3.63) is 0 Å². The van der Waals surface area contributed by atoms with E-state index in [0.29, 0.717) is 19.4 Å². The summed E-state index contributed by atoms with van der Waals surface area (Å²) in [5.74, 6) is -3.73. The molecule has 0 saturated heterocycles. The van der Waals surface area contributed by atoms with Gasteiger partial charge in [0.2, 0.25) is 23.6 Å². The molecule has 10 heteroatoms. The van der Waals surface area contributed by atoms with Crippen molar-refractivity contribution in [1.29, 1.82) is 0 Å². The lowest BCUT2D eigenvalue weighted by molar-refractivity contribution is -0.150. The van der Waals surface area contributed by atoms with Crippen LogP contribution >= 0.6 is 0 Å². The summed E-state index contributed by atoms with van der Waals surface area (Å²) >= 11 is 0. The van der Waals surface area contributed by atoms with Gasteiger partial charge in [-0.15, -0.1) is 0 Å². The van der Waals surface area contributed by atoms with E-state index in [1.54, 1.807) is 0 Å². The van der Waals surface area contributed by atoms with Gasteiger partial charge < -0.3 is 21.5 Å². The third-order valence-corrected chi connectivity index (χ3v) is 3.71. The highest BCUT2D eigenvalue weighted by Gasteiger charge is 2.32. The number of nitrogens with zero attached hydrogens (tertiary/aromatic N) is 1. The molecule has 10 nitrogen and oxygen atoms in total. The summed E-state index contributed by atoms with van der Waals surface area (Å²) in [6.07, 6.45) is 1.34. The van der Waals surface area contributed by atoms with Gasteiger partial charge >= 0.3 is 5.97 Å². The van der Waals surface area contributed by atoms with Gasteiger partial charge in [-0.2, -0.15) is 0 Å². The van der Waals surface area contributed by atoms with Crippen LogP contribution in [0.1, 0.15) is 47.0 Å². The molecule has 0 unspecified atom stereocenters. The van der Waals surface area contributed by atoms with E-state index in [2.05, 4.69) is 10.6 Å². The molecule has 0 heterocycles. The Hall–Kier alpha value is -2.49. The number of carbonyl (C=O) groups is 5. The number of carbonyl (C=O) groups excluding carboxylic acids is 4. The zero-order chi connectivity index (χ0) is 20.4. The zero-order valence-corrected chi connectivity index (χ0v) is 15.6. The molecular formula is C16H28N4O6. The maximum absolute atomic E-state index is 12.5. The van der Waals surface area contributed by atoms with Crippen molar-refractivity contribution in [2.45, 2.75) is 65.1 Å². The average molecular weight is 372 g/mol. The molecule has 0 spiro atoms. The molecule has 0 radical (unpaired) electrons. The standard InChI is InChI=1S/C16H28N4O6/c1-9(14(23)19-10(2)16(25)26)18-15(24)13(7-5-6-8-17)20(11(3)21)12(4)22/h9-10,13H,5-8,17H2,1-4H3,(H,18,24)(H,19,23)(H,25,26)/t9-,10-,13-/m0/s1. The molecule has 4 amide bonds. The van der Waals surface area contributed by atoms with Gasteiger partial charge in [0.15, 0.2) is 0 Å². The molecule has 0 aliphatic carbocycles. The smallest absolute Gasteiger partial charge is 0.325 e. The maximum atomic E-state index is 12.5. The van der Waals surface area contributed by atoms with Gasteiger partial charge in [-0.1, -0.05) is 0 Å². The summed E-state index contributed by atoms with van der Waals surface area (Å²) in [4.78, 5) is 59.6. The predicted molar refractivity (Wildman–Crippen MR) is 92.7 cm³/mol. The molecule has 3 atom stereocenters. The van der Waals surface area contributed by atoms with Gasteiger partial charge in [-0.25, -0.2) is 0 Å². The highest BCUT2D eigenvalue weighted by molar-refractivity contribution is 5.99. The summed E-state index contributed by atoms with van der Waals surface area (Å²) in [6.45, 7) is 5.42. The maximum Gasteiger partial charge on any atom is 0.325 e. The molecule has 0 aromatic rings. The molecule has 0 aromatic heterocycles. The molecular weight excluding hydrogens is 344 g/mol. The lowest BCUT2D eigenvalue weighted by Crippen LogP contribution is -2.56. The first-order valence-corrected chi connectivity index (χ1v) is 8.36. The van der Waals surface area contributed by atoms with Crippen LogP contribution in [0.3, 0.4) is 0 Å². The molecule has 0 rings (SSSR count). The van der Waals surface area contributed by atoms with E-state index in [-0.39, 0.29) is 6.42 Å². The number of rotatable bonds is 10. The van der Waals surface area contributed by atoms with Gasteiger partial charge in [0.05, 0.1) is 0 Å². The molecule has 0 aromatic carbocycles. The third-order valence-electron chi connectivity index (χ3n) is 3.71. The fraction of sp³-hybridized carbons (Fsp3) is 0.688. The Morgan fingerprint density at radius 2 is 1.42 bits per heavy atom. The van der Waals surface area contributed by atoms with Gasteiger partial charge in [0.25, 0.3) is 0 Å². The number of hydrogen-bond acceptors (Lipinski definition) is 6. The first-order valence-electron chi connectivity index (χ1n) is 8.36. The van der Waals surface area contributed by atoms with E-state index in [1.807, 2.05) is 0 Å². The molecule has 0 saturated carbocycles. The third kappa shape index (κ3) is 7.60. The number of amides is 4. The van der Waals surface area contributed by atoms with Crippen LogP contribution in [0.4, 0.5) is 0 Å². The average Bonchev–Trinajstić information content (AvgIpc) is 2.52. The van der Waals surface area contributed by atoms with Crippen LogP contribution in [0.25, 0.3) is 0 Å². The minimum atomic E-state index is -1.21. The summed E-state index contributed by atoms with van der Waals surface area (Å²) < 4.78 is 0. The number of unbranched alkanes of at least 4 members (excludes halogenated alkanes) is 1. The number of aliphatic carboxylic acids is 1. The molecule has 0 aliphatic rings. The Morgan fingerprint density at radius 3 is 1.85 bits per heavy atom. The number of carboxylic acids is 1. The normalized spacial score (nSPS) is 13.9. The lowest BCUT2D eigenvalue weighted by Gasteiger charge is -2.28. The van der Waals surface area contributed by atoms with E-state index in [4.69, 9.17) is 10.8 Å². The van der Waals surface area contributed by atoms with Crippen molar-refractivity contribution in [1.82, 2.24) is 15.5 Å². The van der Waals surface area contributed by atoms with Crippen molar-refractivity contribution in [2.24, 2.45) is 5.73 Å². The first-order chi connectivity index (χ1) is 12.0. The van der Waals surface area contributed by atoms with E-state index in [0.717, 1.165) is 4.90 Å². The highest BCUT2D eigenvalue weighted by atomic mass is 16.4. The second-order valence-corrected chi connectivity index (χ2v) is 6.01. The van der Waals surface area contributed by atoms with Crippen LogP contribution in [-0.4, -0.2) is 64.3 Å². The van der Waals surface area contributed by atoms with Crippen LogP contribution in [0.2, 0.25) is 0 Å². The van der Waals surface area contributed by atoms with Crippen molar-refractivity contribution >= 4 is 29.6 Å². The number of nitrogens with one attached hydrogen (secondary N) is 2. The predicted octanol–water partition coefficient (Wildman–Crippen LogP) is -1.03. The van der Waals surface area contributed by atoms with Gasteiger partial charge in [-0.3, -0.25) is 28.9 Å². The number of imide groups is 1. The largest absolute Gasteiger partial charge is 0.480 e. The van der Waals surface area contributed by atoms with Crippen molar-refractivity contribution in [3.63, 3.8) is 0 Å². The lowest BCUT2D eigenvalue weighted by atomic mass is 10.1. The first kappa shape index (κ1) is 23.5. The van der Waals surface area contributed by atoms with Crippen LogP contribution in [0.15, 0.2) is 0 Å². The summed E-state index contributed by atoms with van der Waals surface area (Å²) in [5, 5.41) is 13.5. The van der Waals surface area contributed by atoms with E-state index >= 15 is 0 Å². The van der Waals surface area contributed by atoms with E-state index in [9.17, 15) is 24.0 Å². The number of hydrogen-bond donors (Lipinski definition) is 4.